The first-order chi connectivity index (χ1) is 14.8. The number of nitrogens with zero attached hydrogens (tertiary/aromatic N) is 2. The van der Waals surface area contributed by atoms with Crippen molar-refractivity contribution >= 4 is 23.5 Å². The first kappa shape index (κ1) is 22.9. The van der Waals surface area contributed by atoms with Gasteiger partial charge in [-0.05, 0) is 38.8 Å². The van der Waals surface area contributed by atoms with Gasteiger partial charge in [-0.1, -0.05) is 0 Å². The van der Waals surface area contributed by atoms with Crippen LogP contribution in [0.1, 0.15) is 33.1 Å². The van der Waals surface area contributed by atoms with Gasteiger partial charge in [0.05, 0.1) is 11.7 Å². The predicted octanol–water partition coefficient (Wildman–Crippen LogP) is 1.68. The van der Waals surface area contributed by atoms with E-state index in [1.165, 1.54) is 0 Å². The molecule has 3 rings (SSSR count). The minimum atomic E-state index is -0.865. The van der Waals surface area contributed by atoms with E-state index in [1.807, 2.05) is 18.7 Å². The number of piperazine rings is 1. The number of halogens is 2. The van der Waals surface area contributed by atoms with Gasteiger partial charge in [0.15, 0.2) is 0 Å². The van der Waals surface area contributed by atoms with E-state index >= 15 is 0 Å². The third-order valence-electron chi connectivity index (χ3n) is 5.95. The maximum atomic E-state index is 13.8. The summed E-state index contributed by atoms with van der Waals surface area (Å²) >= 11 is 0. The Bertz CT molecular complexity index is 833. The van der Waals surface area contributed by atoms with Crippen molar-refractivity contribution in [1.29, 1.82) is 0 Å². The van der Waals surface area contributed by atoms with Crippen LogP contribution in [0.15, 0.2) is 18.2 Å². The zero-order valence-corrected chi connectivity index (χ0v) is 17.8. The van der Waals surface area contributed by atoms with Crippen molar-refractivity contribution in [3.63, 3.8) is 0 Å². The lowest BCUT2D eigenvalue weighted by Crippen LogP contribution is -2.58. The van der Waals surface area contributed by atoms with Crippen LogP contribution in [0.3, 0.4) is 0 Å². The predicted molar refractivity (Wildman–Crippen MR) is 111 cm³/mol. The molecule has 0 saturated carbocycles. The minimum absolute atomic E-state index is 0.00613. The number of carbonyl (C=O) groups excluding carboxylic acids is 3. The van der Waals surface area contributed by atoms with Crippen LogP contribution in [0.4, 0.5) is 19.3 Å². The molecule has 4 amide bonds. The van der Waals surface area contributed by atoms with Crippen LogP contribution in [0.2, 0.25) is 0 Å². The number of fused-ring (bicyclic) bond motifs is 1. The van der Waals surface area contributed by atoms with Crippen LogP contribution in [0.25, 0.3) is 0 Å². The lowest BCUT2D eigenvalue weighted by molar-refractivity contribution is -0.132. The summed E-state index contributed by atoms with van der Waals surface area (Å²) < 4.78 is 26.8. The third-order valence-corrected chi connectivity index (χ3v) is 5.95. The van der Waals surface area contributed by atoms with Gasteiger partial charge in [-0.3, -0.25) is 14.5 Å². The fraction of sp³-hybridized carbons (Fsp3) is 0.571. The molecule has 0 spiro atoms. The molecular weight excluding hydrogens is 408 g/mol. The Labute approximate surface area is 180 Å². The first-order valence-electron chi connectivity index (χ1n) is 10.7. The molecule has 2 saturated heterocycles. The quantitative estimate of drug-likeness (QED) is 0.605. The van der Waals surface area contributed by atoms with E-state index in [2.05, 4.69) is 16.0 Å². The van der Waals surface area contributed by atoms with E-state index in [9.17, 15) is 23.2 Å². The zero-order chi connectivity index (χ0) is 22.5. The largest absolute Gasteiger partial charge is 0.353 e. The highest BCUT2D eigenvalue weighted by Crippen LogP contribution is 2.26. The number of benzene rings is 1. The normalized spacial score (nSPS) is 23.1. The minimum Gasteiger partial charge on any atom is -0.353 e. The molecule has 0 aliphatic carbocycles. The van der Waals surface area contributed by atoms with Crippen molar-refractivity contribution in [3.05, 3.63) is 29.8 Å². The number of amides is 4. The van der Waals surface area contributed by atoms with Gasteiger partial charge < -0.3 is 20.9 Å². The van der Waals surface area contributed by atoms with Crippen LogP contribution < -0.4 is 16.0 Å². The maximum Gasteiger partial charge on any atom is 0.319 e. The Morgan fingerprint density at radius 2 is 2.00 bits per heavy atom. The smallest absolute Gasteiger partial charge is 0.319 e. The molecule has 3 N–H and O–H groups in total. The van der Waals surface area contributed by atoms with Gasteiger partial charge in [0.2, 0.25) is 11.8 Å². The lowest BCUT2D eigenvalue weighted by Gasteiger charge is -2.37. The highest BCUT2D eigenvalue weighted by atomic mass is 19.1. The Morgan fingerprint density at radius 3 is 2.68 bits per heavy atom. The summed E-state index contributed by atoms with van der Waals surface area (Å²) in [5.74, 6) is -1.60. The maximum absolute atomic E-state index is 13.8. The Hall–Kier alpha value is -2.75. The molecule has 0 unspecified atom stereocenters. The number of urea groups is 1. The zero-order valence-electron chi connectivity index (χ0n) is 17.8. The molecule has 3 atom stereocenters. The standard InChI is InChI=1S/C21H29F2N5O3/c1-3-27(4-2)19(29)8-6-15-11-24-20(30)18-10-14(12-28(15)18)25-21(31)26-17-7-5-13(22)9-16(17)23/h5,7,9,14-15,18H,3-4,6,8,10-12H2,1-2H3,(H,24,30)(H2,25,26,31)/t14-,15+,18-/m0/s1. The average molecular weight is 437 g/mol. The van der Waals surface area contributed by atoms with E-state index in [1.54, 1.807) is 4.90 Å². The van der Waals surface area contributed by atoms with Gasteiger partial charge in [-0.15, -0.1) is 0 Å². The molecule has 31 heavy (non-hydrogen) atoms. The molecule has 0 aromatic heterocycles. The van der Waals surface area contributed by atoms with Crippen molar-refractivity contribution in [1.82, 2.24) is 20.4 Å². The summed E-state index contributed by atoms with van der Waals surface area (Å²) in [4.78, 5) is 40.8. The van der Waals surface area contributed by atoms with Crippen molar-refractivity contribution in [2.45, 2.75) is 51.2 Å². The molecule has 2 heterocycles. The van der Waals surface area contributed by atoms with Gasteiger partial charge in [-0.25, -0.2) is 13.6 Å². The third kappa shape index (κ3) is 5.49. The van der Waals surface area contributed by atoms with Crippen molar-refractivity contribution in [3.8, 4) is 0 Å². The van der Waals surface area contributed by atoms with Crippen molar-refractivity contribution in [2.75, 3.05) is 31.5 Å². The summed E-state index contributed by atoms with van der Waals surface area (Å²) in [7, 11) is 0. The molecule has 1 aromatic rings. The highest BCUT2D eigenvalue weighted by molar-refractivity contribution is 5.90. The van der Waals surface area contributed by atoms with Crippen LogP contribution in [-0.2, 0) is 9.59 Å². The summed E-state index contributed by atoms with van der Waals surface area (Å²) in [6.45, 7) is 6.13. The van der Waals surface area contributed by atoms with Gasteiger partial charge in [0.25, 0.3) is 0 Å². The fourth-order valence-corrected chi connectivity index (χ4v) is 4.31. The van der Waals surface area contributed by atoms with E-state index in [0.29, 0.717) is 51.5 Å². The van der Waals surface area contributed by atoms with E-state index in [0.717, 1.165) is 12.1 Å². The fourth-order valence-electron chi connectivity index (χ4n) is 4.31. The lowest BCUT2D eigenvalue weighted by atomic mass is 10.0. The van der Waals surface area contributed by atoms with Crippen LogP contribution in [0.5, 0.6) is 0 Å². The summed E-state index contributed by atoms with van der Waals surface area (Å²) in [5, 5.41) is 8.03. The van der Waals surface area contributed by atoms with Crippen LogP contribution in [0, 0.1) is 11.6 Å². The van der Waals surface area contributed by atoms with Gasteiger partial charge in [0.1, 0.15) is 11.6 Å². The molecule has 1 aromatic carbocycles. The molecular formula is C21H29F2N5O3. The number of hydrogen-bond acceptors (Lipinski definition) is 4. The molecule has 2 aliphatic heterocycles. The molecule has 2 fully saturated rings. The topological polar surface area (TPSA) is 93.8 Å². The van der Waals surface area contributed by atoms with Crippen molar-refractivity contribution in [2.24, 2.45) is 0 Å². The second-order valence-electron chi connectivity index (χ2n) is 7.87. The van der Waals surface area contributed by atoms with E-state index < -0.39 is 17.7 Å². The van der Waals surface area contributed by atoms with Crippen molar-refractivity contribution < 1.29 is 23.2 Å². The Kier molecular flexibility index (Phi) is 7.42. The molecule has 0 bridgehead atoms. The highest BCUT2D eigenvalue weighted by Gasteiger charge is 2.43. The monoisotopic (exact) mass is 437 g/mol. The van der Waals surface area contributed by atoms with Crippen LogP contribution >= 0.6 is 0 Å². The Balaban J connectivity index is 1.56. The summed E-state index contributed by atoms with van der Waals surface area (Å²) in [6, 6.07) is 1.60. The SMILES string of the molecule is CCN(CC)C(=O)CC[C@@H]1CNC(=O)[C@@H]2C[C@H](NC(=O)Nc3ccc(F)cc3F)CN12. The van der Waals surface area contributed by atoms with Crippen LogP contribution in [-0.4, -0.2) is 71.9 Å². The molecule has 10 heteroatoms. The second-order valence-corrected chi connectivity index (χ2v) is 7.87. The molecule has 8 nitrogen and oxygen atoms in total. The van der Waals surface area contributed by atoms with Gasteiger partial charge in [0, 0.05) is 50.7 Å². The van der Waals surface area contributed by atoms with Gasteiger partial charge >= 0.3 is 6.03 Å². The van der Waals surface area contributed by atoms with E-state index in [-0.39, 0.29) is 35.6 Å². The number of rotatable bonds is 7. The molecule has 170 valence electrons. The number of anilines is 1. The summed E-state index contributed by atoms with van der Waals surface area (Å²) in [5.41, 5.74) is -0.125. The summed E-state index contributed by atoms with van der Waals surface area (Å²) in [6.07, 6.45) is 1.44. The number of carbonyl (C=O) groups is 3. The number of nitrogens with one attached hydrogen (secondary N) is 3. The number of hydrogen-bond donors (Lipinski definition) is 3. The molecule has 2 aliphatic rings. The Morgan fingerprint density at radius 1 is 1.26 bits per heavy atom. The van der Waals surface area contributed by atoms with Gasteiger partial charge in [-0.2, -0.15) is 0 Å². The first-order valence-corrected chi connectivity index (χ1v) is 10.7. The molecule has 0 radical (unpaired) electrons. The van der Waals surface area contributed by atoms with E-state index in [4.69, 9.17) is 0 Å². The average Bonchev–Trinajstić information content (AvgIpc) is 3.15. The second kappa shape index (κ2) is 10.0.